The summed E-state index contributed by atoms with van der Waals surface area (Å²) < 4.78 is 12.1. The summed E-state index contributed by atoms with van der Waals surface area (Å²) in [7, 11) is 2.66. The predicted molar refractivity (Wildman–Crippen MR) is 127 cm³/mol. The maximum Gasteiger partial charge on any atom is 0.139 e. The molecule has 158 valence electrons. The molecule has 0 aliphatic rings. The Morgan fingerprint density at radius 1 is 1.41 bits per heavy atom. The number of nitrogens with zero attached hydrogens (tertiary/aromatic N) is 1. The van der Waals surface area contributed by atoms with E-state index in [1.807, 2.05) is 30.5 Å². The average molecular weight is 529 g/mol. The second-order valence-corrected chi connectivity index (χ2v) is 9.42. The lowest BCUT2D eigenvalue weighted by Gasteiger charge is -2.28. The van der Waals surface area contributed by atoms with Gasteiger partial charge in [0, 0.05) is 29.3 Å². The van der Waals surface area contributed by atoms with Crippen LogP contribution in [0.25, 0.3) is 0 Å². The van der Waals surface area contributed by atoms with Crippen LogP contribution in [0.3, 0.4) is 0 Å². The highest BCUT2D eigenvalue weighted by atomic mass is 127. The Balaban J connectivity index is 1.84. The Morgan fingerprint density at radius 3 is 2.86 bits per heavy atom. The normalized spacial score (nSPS) is 12.6. The molecule has 1 heterocycles. The van der Waals surface area contributed by atoms with E-state index in [-0.39, 0.29) is 18.8 Å². The second kappa shape index (κ2) is 11.3. The summed E-state index contributed by atoms with van der Waals surface area (Å²) in [4.78, 5) is 3.24. The van der Waals surface area contributed by atoms with Crippen LogP contribution in [0.4, 0.5) is 0 Å². The molecule has 2 atom stereocenters. The third-order valence-corrected chi connectivity index (χ3v) is 5.94. The van der Waals surface area contributed by atoms with Crippen LogP contribution >= 0.6 is 31.8 Å². The zero-order valence-electron chi connectivity index (χ0n) is 17.1. The molecular formula is C21H29IN3O3P. The SMILES string of the molecule is Cc1c(CC(C)(C)NCC(O)COc2c(P)cccc2I)c[nH]c1COCC#N. The summed E-state index contributed by atoms with van der Waals surface area (Å²) >= 11 is 2.23. The van der Waals surface area contributed by atoms with Gasteiger partial charge in [-0.15, -0.1) is 9.24 Å². The number of hydrogen-bond acceptors (Lipinski definition) is 5. The van der Waals surface area contributed by atoms with Gasteiger partial charge in [-0.3, -0.25) is 0 Å². The van der Waals surface area contributed by atoms with Gasteiger partial charge in [0.1, 0.15) is 25.1 Å². The summed E-state index contributed by atoms with van der Waals surface area (Å²) in [6, 6.07) is 7.90. The minimum absolute atomic E-state index is 0.0844. The molecule has 6 nitrogen and oxygen atoms in total. The highest BCUT2D eigenvalue weighted by molar-refractivity contribution is 14.1. The van der Waals surface area contributed by atoms with Crippen molar-refractivity contribution in [1.29, 1.82) is 5.26 Å². The molecule has 29 heavy (non-hydrogen) atoms. The molecule has 0 aliphatic carbocycles. The van der Waals surface area contributed by atoms with E-state index in [0.29, 0.717) is 13.2 Å². The second-order valence-electron chi connectivity index (χ2n) is 7.63. The zero-order valence-corrected chi connectivity index (χ0v) is 20.4. The monoisotopic (exact) mass is 529 g/mol. The van der Waals surface area contributed by atoms with Crippen LogP contribution in [-0.4, -0.2) is 41.5 Å². The highest BCUT2D eigenvalue weighted by Crippen LogP contribution is 2.21. The van der Waals surface area contributed by atoms with Crippen LogP contribution in [0.2, 0.25) is 0 Å². The van der Waals surface area contributed by atoms with Crippen molar-refractivity contribution in [3.8, 4) is 11.8 Å². The van der Waals surface area contributed by atoms with Crippen molar-refractivity contribution < 1.29 is 14.6 Å². The molecule has 0 amide bonds. The predicted octanol–water partition coefficient (Wildman–Crippen LogP) is 2.82. The van der Waals surface area contributed by atoms with Crippen molar-refractivity contribution >= 4 is 37.1 Å². The lowest BCUT2D eigenvalue weighted by molar-refractivity contribution is 0.0989. The van der Waals surface area contributed by atoms with Gasteiger partial charge in [0.25, 0.3) is 0 Å². The molecule has 0 saturated carbocycles. The number of nitriles is 1. The maximum atomic E-state index is 10.4. The summed E-state index contributed by atoms with van der Waals surface area (Å²) in [6.45, 7) is 7.43. The quantitative estimate of drug-likeness (QED) is 0.237. The number of aliphatic hydroxyl groups excluding tert-OH is 1. The summed E-state index contributed by atoms with van der Waals surface area (Å²) in [5.74, 6) is 0.797. The molecule has 2 rings (SSSR count). The van der Waals surface area contributed by atoms with E-state index in [0.717, 1.165) is 32.3 Å². The van der Waals surface area contributed by atoms with E-state index in [4.69, 9.17) is 14.7 Å². The number of para-hydroxylation sites is 1. The zero-order chi connectivity index (χ0) is 21.4. The molecule has 0 bridgehead atoms. The Morgan fingerprint density at radius 2 is 2.17 bits per heavy atom. The molecule has 0 aliphatic heterocycles. The molecule has 0 radical (unpaired) electrons. The molecule has 3 N–H and O–H groups in total. The molecule has 0 fully saturated rings. The van der Waals surface area contributed by atoms with Crippen LogP contribution in [0.15, 0.2) is 24.4 Å². The lowest BCUT2D eigenvalue weighted by Crippen LogP contribution is -2.46. The number of nitrogens with one attached hydrogen (secondary N) is 2. The molecule has 2 unspecified atom stereocenters. The average Bonchev–Trinajstić information content (AvgIpc) is 2.99. The van der Waals surface area contributed by atoms with Crippen molar-refractivity contribution in [2.24, 2.45) is 0 Å². The van der Waals surface area contributed by atoms with Gasteiger partial charge < -0.3 is 24.9 Å². The van der Waals surface area contributed by atoms with Crippen LogP contribution in [0.1, 0.15) is 30.7 Å². The number of H-pyrrole nitrogens is 1. The van der Waals surface area contributed by atoms with Crippen molar-refractivity contribution in [2.45, 2.75) is 45.4 Å². The van der Waals surface area contributed by atoms with E-state index in [1.165, 1.54) is 5.56 Å². The first kappa shape index (κ1) is 24.1. The van der Waals surface area contributed by atoms with Gasteiger partial charge in [-0.25, -0.2) is 0 Å². The van der Waals surface area contributed by atoms with Gasteiger partial charge in [-0.1, -0.05) is 12.1 Å². The number of aromatic nitrogens is 1. The maximum absolute atomic E-state index is 10.4. The third-order valence-electron chi connectivity index (χ3n) is 4.63. The molecule has 1 aromatic heterocycles. The number of benzene rings is 1. The fourth-order valence-electron chi connectivity index (χ4n) is 2.97. The van der Waals surface area contributed by atoms with Gasteiger partial charge in [0.2, 0.25) is 0 Å². The number of β-amino-alcohol motifs (C(OH)–C–C–N with tert-alkyl or cyclic N) is 1. The fourth-order valence-corrected chi connectivity index (χ4v) is 4.28. The number of ether oxygens (including phenoxy) is 2. The van der Waals surface area contributed by atoms with E-state index in [1.54, 1.807) is 0 Å². The molecular weight excluding hydrogens is 500 g/mol. The largest absolute Gasteiger partial charge is 0.489 e. The van der Waals surface area contributed by atoms with Crippen LogP contribution in [-0.2, 0) is 17.8 Å². The van der Waals surface area contributed by atoms with Gasteiger partial charge in [-0.2, -0.15) is 5.26 Å². The van der Waals surface area contributed by atoms with Crippen molar-refractivity contribution in [3.63, 3.8) is 0 Å². The van der Waals surface area contributed by atoms with Crippen LogP contribution in [0, 0.1) is 21.8 Å². The van der Waals surface area contributed by atoms with Gasteiger partial charge in [0.05, 0.1) is 16.2 Å². The summed E-state index contributed by atoms with van der Waals surface area (Å²) in [6.07, 6.45) is 2.17. The fraction of sp³-hybridized carbons (Fsp3) is 0.476. The molecule has 8 heteroatoms. The minimum atomic E-state index is -0.614. The number of aromatic amines is 1. The van der Waals surface area contributed by atoms with E-state index in [9.17, 15) is 5.11 Å². The smallest absolute Gasteiger partial charge is 0.139 e. The summed E-state index contributed by atoms with van der Waals surface area (Å²) in [5.41, 5.74) is 3.12. The van der Waals surface area contributed by atoms with E-state index >= 15 is 0 Å². The van der Waals surface area contributed by atoms with Gasteiger partial charge >= 0.3 is 0 Å². The van der Waals surface area contributed by atoms with E-state index in [2.05, 4.69) is 62.9 Å². The van der Waals surface area contributed by atoms with Gasteiger partial charge in [0.15, 0.2) is 0 Å². The molecule has 1 aromatic carbocycles. The Bertz CT molecular complexity index is 828. The number of aliphatic hydroxyl groups is 1. The van der Waals surface area contributed by atoms with Crippen LogP contribution in [0.5, 0.6) is 5.75 Å². The Kier molecular flexibility index (Phi) is 9.38. The molecule has 0 spiro atoms. The third kappa shape index (κ3) is 7.54. The first-order chi connectivity index (χ1) is 13.7. The molecule has 2 aromatic rings. The summed E-state index contributed by atoms with van der Waals surface area (Å²) in [5, 5.41) is 23.4. The Hall–Kier alpha value is -1.17. The van der Waals surface area contributed by atoms with Crippen molar-refractivity contribution in [3.05, 3.63) is 44.8 Å². The standard InChI is InChI=1S/C21H29IN3O3P/c1-14-15(10-24-18(14)13-27-8-7-23)9-21(2,3)25-11-16(26)12-28-20-17(22)5-4-6-19(20)29/h4-6,10,16,24-26H,8-9,11-13,29H2,1-3H3. The lowest BCUT2D eigenvalue weighted by atomic mass is 9.94. The minimum Gasteiger partial charge on any atom is -0.489 e. The number of rotatable bonds is 11. The first-order valence-electron chi connectivity index (χ1n) is 9.44. The first-order valence-corrected chi connectivity index (χ1v) is 11.1. The van der Waals surface area contributed by atoms with Gasteiger partial charge in [-0.05, 0) is 67.0 Å². The van der Waals surface area contributed by atoms with Crippen LogP contribution < -0.4 is 15.4 Å². The van der Waals surface area contributed by atoms with Crippen molar-refractivity contribution in [1.82, 2.24) is 10.3 Å². The van der Waals surface area contributed by atoms with E-state index < -0.39 is 6.10 Å². The molecule has 0 saturated heterocycles. The Labute approximate surface area is 188 Å². The topological polar surface area (TPSA) is 90.3 Å². The number of halogens is 1. The number of hydrogen-bond donors (Lipinski definition) is 3. The van der Waals surface area contributed by atoms with Crippen molar-refractivity contribution in [2.75, 3.05) is 19.8 Å². The highest BCUT2D eigenvalue weighted by Gasteiger charge is 2.22.